The van der Waals surface area contributed by atoms with Crippen LogP contribution in [-0.4, -0.2) is 43.8 Å². The van der Waals surface area contributed by atoms with Crippen molar-refractivity contribution < 1.29 is 22.7 Å². The van der Waals surface area contributed by atoms with Crippen LogP contribution in [0.25, 0.3) is 0 Å². The molecule has 0 spiro atoms. The number of esters is 1. The maximum absolute atomic E-state index is 12.7. The van der Waals surface area contributed by atoms with E-state index in [1.165, 1.54) is 35.5 Å². The molecule has 1 aliphatic heterocycles. The number of anilines is 1. The number of rotatable bonds is 6. The summed E-state index contributed by atoms with van der Waals surface area (Å²) in [6.45, 7) is 2.37. The molecule has 0 saturated carbocycles. The van der Waals surface area contributed by atoms with Gasteiger partial charge in [-0.3, -0.25) is 4.79 Å². The Morgan fingerprint density at radius 1 is 1.10 bits per heavy atom. The van der Waals surface area contributed by atoms with Gasteiger partial charge in [-0.15, -0.1) is 0 Å². The van der Waals surface area contributed by atoms with E-state index < -0.39 is 28.0 Å². The lowest BCUT2D eigenvalue weighted by molar-refractivity contribution is -0.123. The monoisotopic (exact) mass is 436 g/mol. The number of carbonyl (C=O) groups excluding carboxylic acids is 2. The molecule has 0 bridgehead atoms. The third kappa shape index (κ3) is 5.14. The van der Waals surface area contributed by atoms with E-state index >= 15 is 0 Å². The zero-order chi connectivity index (χ0) is 21.0. The first-order valence-electron chi connectivity index (χ1n) is 9.15. The second-order valence-electron chi connectivity index (χ2n) is 6.69. The van der Waals surface area contributed by atoms with Crippen LogP contribution < -0.4 is 5.32 Å². The smallest absolute Gasteiger partial charge is 0.338 e. The van der Waals surface area contributed by atoms with Gasteiger partial charge in [-0.05, 0) is 56.2 Å². The van der Waals surface area contributed by atoms with Crippen LogP contribution in [0.1, 0.15) is 30.1 Å². The third-order valence-electron chi connectivity index (χ3n) is 4.52. The fraction of sp³-hybridized carbons (Fsp3) is 0.300. The first kappa shape index (κ1) is 21.3. The quantitative estimate of drug-likeness (QED) is 0.701. The number of ether oxygens (including phenoxy) is 1. The van der Waals surface area contributed by atoms with Crippen molar-refractivity contribution in [3.05, 3.63) is 59.1 Å². The van der Waals surface area contributed by atoms with Gasteiger partial charge in [0, 0.05) is 23.8 Å². The molecule has 9 heteroatoms. The highest BCUT2D eigenvalue weighted by molar-refractivity contribution is 7.89. The summed E-state index contributed by atoms with van der Waals surface area (Å²) in [7, 11) is -3.65. The zero-order valence-electron chi connectivity index (χ0n) is 15.8. The molecule has 1 aliphatic rings. The van der Waals surface area contributed by atoms with Gasteiger partial charge in [-0.1, -0.05) is 23.7 Å². The molecule has 1 N–H and O–H groups in total. The van der Waals surface area contributed by atoms with Gasteiger partial charge in [0.25, 0.3) is 5.91 Å². The van der Waals surface area contributed by atoms with Gasteiger partial charge < -0.3 is 10.1 Å². The Labute approximate surface area is 174 Å². The van der Waals surface area contributed by atoms with Gasteiger partial charge >= 0.3 is 5.97 Å². The first-order chi connectivity index (χ1) is 13.8. The fourth-order valence-electron chi connectivity index (χ4n) is 2.95. The Hall–Kier alpha value is -2.42. The molecule has 1 fully saturated rings. The highest BCUT2D eigenvalue weighted by atomic mass is 35.5. The summed E-state index contributed by atoms with van der Waals surface area (Å²) in [6.07, 6.45) is 0.556. The van der Waals surface area contributed by atoms with Crippen molar-refractivity contribution in [3.63, 3.8) is 0 Å². The summed E-state index contributed by atoms with van der Waals surface area (Å²) in [5.41, 5.74) is 0.539. The molecule has 7 nitrogen and oxygen atoms in total. The van der Waals surface area contributed by atoms with E-state index in [1.807, 2.05) is 0 Å². The number of hydrogen-bond donors (Lipinski definition) is 1. The predicted molar refractivity (Wildman–Crippen MR) is 109 cm³/mol. The average molecular weight is 437 g/mol. The molecule has 0 radical (unpaired) electrons. The highest BCUT2D eigenvalue weighted by Gasteiger charge is 2.28. The predicted octanol–water partition coefficient (Wildman–Crippen LogP) is 3.31. The van der Waals surface area contributed by atoms with Crippen LogP contribution in [0.4, 0.5) is 5.69 Å². The lowest BCUT2D eigenvalue weighted by atomic mass is 10.2. The van der Waals surface area contributed by atoms with Crippen molar-refractivity contribution in [3.8, 4) is 0 Å². The minimum atomic E-state index is -3.65. The maximum Gasteiger partial charge on any atom is 0.338 e. The van der Waals surface area contributed by atoms with Gasteiger partial charge in [0.1, 0.15) is 0 Å². The van der Waals surface area contributed by atoms with Crippen molar-refractivity contribution in [2.24, 2.45) is 0 Å². The number of sulfonamides is 1. The van der Waals surface area contributed by atoms with E-state index in [0.717, 1.165) is 12.8 Å². The normalized spacial score (nSPS) is 15.7. The standard InChI is InChI=1S/C20H21ClN2O5S/c1-14(19(24)22-17-8-5-7-16(21)13-17)28-20(25)15-6-4-9-18(12-15)29(26,27)23-10-2-3-11-23/h4-9,12-14H,2-3,10-11H2,1H3,(H,22,24)/t14-/m1/s1. The summed E-state index contributed by atoms with van der Waals surface area (Å²) >= 11 is 5.88. The first-order valence-corrected chi connectivity index (χ1v) is 11.0. The van der Waals surface area contributed by atoms with Gasteiger partial charge in [0.05, 0.1) is 10.5 Å². The molecule has 0 aromatic heterocycles. The van der Waals surface area contributed by atoms with E-state index in [1.54, 1.807) is 24.3 Å². The lowest BCUT2D eigenvalue weighted by Crippen LogP contribution is -2.30. The molecular formula is C20H21ClN2O5S. The molecule has 0 aliphatic carbocycles. The average Bonchev–Trinajstić information content (AvgIpc) is 3.23. The van der Waals surface area contributed by atoms with Crippen LogP contribution in [0.2, 0.25) is 5.02 Å². The van der Waals surface area contributed by atoms with Crippen LogP contribution in [0.5, 0.6) is 0 Å². The van der Waals surface area contributed by atoms with Gasteiger partial charge in [0.2, 0.25) is 10.0 Å². The third-order valence-corrected chi connectivity index (χ3v) is 6.65. The molecule has 29 heavy (non-hydrogen) atoms. The molecule has 1 amide bonds. The summed E-state index contributed by atoms with van der Waals surface area (Å²) in [5.74, 6) is -1.31. The van der Waals surface area contributed by atoms with E-state index in [0.29, 0.717) is 23.8 Å². The van der Waals surface area contributed by atoms with Crippen molar-refractivity contribution in [2.45, 2.75) is 30.8 Å². The second kappa shape index (κ2) is 8.94. The Morgan fingerprint density at radius 2 is 1.79 bits per heavy atom. The van der Waals surface area contributed by atoms with Crippen molar-refractivity contribution in [1.29, 1.82) is 0 Å². The number of benzene rings is 2. The minimum absolute atomic E-state index is 0.0323. The van der Waals surface area contributed by atoms with Crippen LogP contribution in [0.15, 0.2) is 53.4 Å². The van der Waals surface area contributed by atoms with Gasteiger partial charge in [-0.2, -0.15) is 4.31 Å². The molecule has 1 atom stereocenters. The Morgan fingerprint density at radius 3 is 2.48 bits per heavy atom. The van der Waals surface area contributed by atoms with Crippen LogP contribution in [0.3, 0.4) is 0 Å². The Kier molecular flexibility index (Phi) is 6.56. The number of halogens is 1. The summed E-state index contributed by atoms with van der Waals surface area (Å²) in [6, 6.07) is 12.2. The SMILES string of the molecule is C[C@@H](OC(=O)c1cccc(S(=O)(=O)N2CCCC2)c1)C(=O)Nc1cccc(Cl)c1. The van der Waals surface area contributed by atoms with Crippen LogP contribution in [-0.2, 0) is 19.6 Å². The van der Waals surface area contributed by atoms with E-state index in [2.05, 4.69) is 5.32 Å². The fourth-order valence-corrected chi connectivity index (χ4v) is 4.71. The van der Waals surface area contributed by atoms with Crippen molar-refractivity contribution in [1.82, 2.24) is 4.31 Å². The summed E-state index contributed by atoms with van der Waals surface area (Å²) in [4.78, 5) is 24.7. The molecule has 1 saturated heterocycles. The highest BCUT2D eigenvalue weighted by Crippen LogP contribution is 2.22. The number of hydrogen-bond acceptors (Lipinski definition) is 5. The molecular weight excluding hydrogens is 416 g/mol. The molecule has 1 heterocycles. The number of carbonyl (C=O) groups is 2. The van der Waals surface area contributed by atoms with Crippen molar-refractivity contribution in [2.75, 3.05) is 18.4 Å². The molecule has 0 unspecified atom stereocenters. The van der Waals surface area contributed by atoms with Crippen molar-refractivity contribution >= 4 is 39.2 Å². The summed E-state index contributed by atoms with van der Waals surface area (Å²) in [5, 5.41) is 3.07. The number of amides is 1. The Balaban J connectivity index is 1.68. The molecule has 3 rings (SSSR count). The zero-order valence-corrected chi connectivity index (χ0v) is 17.4. The second-order valence-corrected chi connectivity index (χ2v) is 9.06. The van der Waals surface area contributed by atoms with Gasteiger partial charge in [-0.25, -0.2) is 13.2 Å². The summed E-state index contributed by atoms with van der Waals surface area (Å²) < 4.78 is 31.9. The van der Waals surface area contributed by atoms with Crippen LogP contribution >= 0.6 is 11.6 Å². The number of nitrogens with zero attached hydrogens (tertiary/aromatic N) is 1. The topological polar surface area (TPSA) is 92.8 Å². The molecule has 2 aromatic carbocycles. The van der Waals surface area contributed by atoms with Gasteiger partial charge in [0.15, 0.2) is 6.10 Å². The van der Waals surface area contributed by atoms with Crippen LogP contribution in [0, 0.1) is 0 Å². The van der Waals surface area contributed by atoms with E-state index in [-0.39, 0.29) is 10.5 Å². The van der Waals surface area contributed by atoms with E-state index in [4.69, 9.17) is 16.3 Å². The van der Waals surface area contributed by atoms with E-state index in [9.17, 15) is 18.0 Å². The molecule has 2 aromatic rings. The number of nitrogens with one attached hydrogen (secondary N) is 1. The largest absolute Gasteiger partial charge is 0.449 e. The molecule has 154 valence electrons. The maximum atomic E-state index is 12.7. The lowest BCUT2D eigenvalue weighted by Gasteiger charge is -2.16. The minimum Gasteiger partial charge on any atom is -0.449 e. The Bertz CT molecular complexity index is 1020.